The highest BCUT2D eigenvalue weighted by Crippen LogP contribution is 2.21. The summed E-state index contributed by atoms with van der Waals surface area (Å²) in [7, 11) is 0. The molecule has 142 valence electrons. The SMILES string of the molecule is CCOC(=O)Cn1ccc2cc(NC(=O)CCC3CCNC3)ccc21.Cl. The summed E-state index contributed by atoms with van der Waals surface area (Å²) < 4.78 is 6.84. The predicted octanol–water partition coefficient (Wildman–Crippen LogP) is 2.95. The molecule has 3 rings (SSSR count). The number of amides is 1. The van der Waals surface area contributed by atoms with Gasteiger partial charge in [0.25, 0.3) is 0 Å². The molecule has 1 fully saturated rings. The van der Waals surface area contributed by atoms with Gasteiger partial charge in [-0.05, 0) is 63.0 Å². The number of anilines is 1. The Kier molecular flexibility index (Phi) is 7.48. The highest BCUT2D eigenvalue weighted by Gasteiger charge is 2.16. The van der Waals surface area contributed by atoms with Gasteiger partial charge in [-0.25, -0.2) is 0 Å². The summed E-state index contributed by atoms with van der Waals surface area (Å²) in [6.07, 6.45) is 4.50. The summed E-state index contributed by atoms with van der Waals surface area (Å²) in [5.41, 5.74) is 1.74. The number of aromatic nitrogens is 1. The standard InChI is InChI=1S/C19H25N3O3.ClH/c1-2-25-19(24)13-22-10-8-15-11-16(4-5-17(15)22)21-18(23)6-3-14-7-9-20-12-14;/h4-5,8,10-11,14,20H,2-3,6-7,9,12-13H2,1H3,(H,21,23);1H. The van der Waals surface area contributed by atoms with Crippen LogP contribution in [-0.2, 0) is 20.9 Å². The summed E-state index contributed by atoms with van der Waals surface area (Å²) in [6.45, 7) is 4.45. The van der Waals surface area contributed by atoms with Crippen molar-refractivity contribution >= 4 is 40.9 Å². The third-order valence-electron chi connectivity index (χ3n) is 4.60. The van der Waals surface area contributed by atoms with Crippen LogP contribution >= 0.6 is 12.4 Å². The number of nitrogens with zero attached hydrogens (tertiary/aromatic N) is 1. The molecule has 0 saturated carbocycles. The maximum Gasteiger partial charge on any atom is 0.325 e. The zero-order valence-electron chi connectivity index (χ0n) is 15.0. The highest BCUT2D eigenvalue weighted by atomic mass is 35.5. The summed E-state index contributed by atoms with van der Waals surface area (Å²) in [5.74, 6) is 0.418. The van der Waals surface area contributed by atoms with Crippen LogP contribution in [0.15, 0.2) is 30.5 Å². The monoisotopic (exact) mass is 379 g/mol. The number of carbonyl (C=O) groups excluding carboxylic acids is 2. The smallest absolute Gasteiger partial charge is 0.325 e. The van der Waals surface area contributed by atoms with E-state index in [0.29, 0.717) is 18.9 Å². The van der Waals surface area contributed by atoms with Gasteiger partial charge in [0, 0.05) is 29.2 Å². The van der Waals surface area contributed by atoms with Crippen molar-refractivity contribution in [3.63, 3.8) is 0 Å². The van der Waals surface area contributed by atoms with Crippen LogP contribution in [0.4, 0.5) is 5.69 Å². The number of ether oxygens (including phenoxy) is 1. The van der Waals surface area contributed by atoms with E-state index in [1.807, 2.05) is 35.0 Å². The molecule has 26 heavy (non-hydrogen) atoms. The van der Waals surface area contributed by atoms with Gasteiger partial charge in [0.15, 0.2) is 0 Å². The second kappa shape index (κ2) is 9.59. The van der Waals surface area contributed by atoms with Gasteiger partial charge >= 0.3 is 5.97 Å². The van der Waals surface area contributed by atoms with Crippen LogP contribution in [0.5, 0.6) is 0 Å². The zero-order chi connectivity index (χ0) is 17.6. The quantitative estimate of drug-likeness (QED) is 0.725. The van der Waals surface area contributed by atoms with E-state index in [4.69, 9.17) is 4.74 Å². The molecule has 1 amide bonds. The Morgan fingerprint density at radius 2 is 2.19 bits per heavy atom. The van der Waals surface area contributed by atoms with Crippen LogP contribution in [-0.4, -0.2) is 36.1 Å². The van der Waals surface area contributed by atoms with E-state index in [2.05, 4.69) is 10.6 Å². The van der Waals surface area contributed by atoms with Gasteiger partial charge in [0.1, 0.15) is 6.54 Å². The van der Waals surface area contributed by atoms with E-state index in [0.717, 1.165) is 42.5 Å². The summed E-state index contributed by atoms with van der Waals surface area (Å²) in [6, 6.07) is 7.67. The molecule has 1 unspecified atom stereocenters. The Labute approximate surface area is 159 Å². The average Bonchev–Trinajstić information content (AvgIpc) is 3.23. The van der Waals surface area contributed by atoms with Crippen molar-refractivity contribution in [3.8, 4) is 0 Å². The van der Waals surface area contributed by atoms with Crippen molar-refractivity contribution in [2.24, 2.45) is 5.92 Å². The van der Waals surface area contributed by atoms with Gasteiger partial charge < -0.3 is 19.9 Å². The van der Waals surface area contributed by atoms with Crippen LogP contribution < -0.4 is 10.6 Å². The molecule has 0 spiro atoms. The lowest BCUT2D eigenvalue weighted by Gasteiger charge is -2.09. The molecule has 7 heteroatoms. The molecule has 6 nitrogen and oxygen atoms in total. The Morgan fingerprint density at radius 3 is 2.92 bits per heavy atom. The molecule has 1 aliphatic heterocycles. The topological polar surface area (TPSA) is 72.4 Å². The molecule has 1 aromatic carbocycles. The summed E-state index contributed by atoms with van der Waals surface area (Å²) in [5, 5.41) is 7.28. The van der Waals surface area contributed by atoms with Crippen LogP contribution in [0.1, 0.15) is 26.2 Å². The van der Waals surface area contributed by atoms with E-state index >= 15 is 0 Å². The van der Waals surface area contributed by atoms with Gasteiger partial charge in [-0.15, -0.1) is 12.4 Å². The Bertz CT molecular complexity index is 754. The lowest BCUT2D eigenvalue weighted by atomic mass is 10.0. The van der Waals surface area contributed by atoms with E-state index in [1.165, 1.54) is 0 Å². The number of esters is 1. The molecule has 0 radical (unpaired) electrons. The van der Waals surface area contributed by atoms with E-state index < -0.39 is 0 Å². The summed E-state index contributed by atoms with van der Waals surface area (Å²) >= 11 is 0. The first-order chi connectivity index (χ1) is 12.2. The number of hydrogen-bond acceptors (Lipinski definition) is 4. The van der Waals surface area contributed by atoms with Crippen LogP contribution in [0.25, 0.3) is 10.9 Å². The first-order valence-electron chi connectivity index (χ1n) is 8.91. The first kappa shape index (κ1) is 20.3. The largest absolute Gasteiger partial charge is 0.465 e. The minimum atomic E-state index is -0.251. The van der Waals surface area contributed by atoms with Crippen LogP contribution in [0.2, 0.25) is 0 Å². The van der Waals surface area contributed by atoms with Crippen molar-refractivity contribution in [1.82, 2.24) is 9.88 Å². The van der Waals surface area contributed by atoms with Crippen LogP contribution in [0.3, 0.4) is 0 Å². The molecular weight excluding hydrogens is 354 g/mol. The number of hydrogen-bond donors (Lipinski definition) is 2. The number of fused-ring (bicyclic) bond motifs is 1. The number of halogens is 1. The van der Waals surface area contributed by atoms with Crippen LogP contribution in [0, 0.1) is 5.92 Å². The van der Waals surface area contributed by atoms with Gasteiger partial charge in [0.05, 0.1) is 6.61 Å². The first-order valence-corrected chi connectivity index (χ1v) is 8.91. The second-order valence-corrected chi connectivity index (χ2v) is 6.47. The molecule has 1 saturated heterocycles. The lowest BCUT2D eigenvalue weighted by molar-refractivity contribution is -0.143. The molecule has 0 aliphatic carbocycles. The lowest BCUT2D eigenvalue weighted by Crippen LogP contribution is -2.15. The molecule has 1 aromatic heterocycles. The number of carbonyl (C=O) groups is 2. The minimum Gasteiger partial charge on any atom is -0.465 e. The molecule has 1 aliphatic rings. The normalized spacial score (nSPS) is 16.3. The van der Waals surface area contributed by atoms with Crippen molar-refractivity contribution < 1.29 is 14.3 Å². The zero-order valence-corrected chi connectivity index (χ0v) is 15.8. The fraction of sp³-hybridized carbons (Fsp3) is 0.474. The van der Waals surface area contributed by atoms with Gasteiger partial charge in [-0.2, -0.15) is 0 Å². The van der Waals surface area contributed by atoms with Gasteiger partial charge in [-0.1, -0.05) is 0 Å². The number of rotatable bonds is 7. The predicted molar refractivity (Wildman–Crippen MR) is 105 cm³/mol. The molecule has 1 atom stereocenters. The molecule has 2 aromatic rings. The van der Waals surface area contributed by atoms with Crippen molar-refractivity contribution in [2.45, 2.75) is 32.7 Å². The fourth-order valence-electron chi connectivity index (χ4n) is 3.28. The van der Waals surface area contributed by atoms with E-state index in [1.54, 1.807) is 6.92 Å². The highest BCUT2D eigenvalue weighted by molar-refractivity contribution is 5.94. The Balaban J connectivity index is 0.00000243. The van der Waals surface area contributed by atoms with Gasteiger partial charge in [-0.3, -0.25) is 9.59 Å². The van der Waals surface area contributed by atoms with E-state index in [-0.39, 0.29) is 30.8 Å². The summed E-state index contributed by atoms with van der Waals surface area (Å²) in [4.78, 5) is 23.8. The van der Waals surface area contributed by atoms with Gasteiger partial charge in [0.2, 0.25) is 5.91 Å². The number of benzene rings is 1. The number of nitrogens with one attached hydrogen (secondary N) is 2. The third-order valence-corrected chi connectivity index (χ3v) is 4.60. The van der Waals surface area contributed by atoms with E-state index in [9.17, 15) is 9.59 Å². The Morgan fingerprint density at radius 1 is 1.35 bits per heavy atom. The fourth-order valence-corrected chi connectivity index (χ4v) is 3.28. The van der Waals surface area contributed by atoms with Crippen molar-refractivity contribution in [2.75, 3.05) is 25.0 Å². The molecule has 2 heterocycles. The minimum absolute atomic E-state index is 0. The maximum absolute atomic E-state index is 12.1. The molecule has 0 bridgehead atoms. The Hall–Kier alpha value is -2.05. The van der Waals surface area contributed by atoms with Crippen molar-refractivity contribution in [1.29, 1.82) is 0 Å². The molecule has 2 N–H and O–H groups in total. The third kappa shape index (κ3) is 5.22. The second-order valence-electron chi connectivity index (χ2n) is 6.47. The molecular formula is C19H26ClN3O3. The average molecular weight is 380 g/mol. The van der Waals surface area contributed by atoms with Crippen molar-refractivity contribution in [3.05, 3.63) is 30.5 Å². The maximum atomic E-state index is 12.1.